The summed E-state index contributed by atoms with van der Waals surface area (Å²) in [5.41, 5.74) is 5.38. The van der Waals surface area contributed by atoms with Gasteiger partial charge in [0, 0.05) is 11.5 Å². The molecular weight excluding hydrogens is 214 g/mol. The van der Waals surface area contributed by atoms with Crippen LogP contribution in [0, 0.1) is 0 Å². The van der Waals surface area contributed by atoms with Gasteiger partial charge in [0.1, 0.15) is 6.04 Å². The first-order valence-corrected chi connectivity index (χ1v) is 6.30. The van der Waals surface area contributed by atoms with E-state index in [4.69, 9.17) is 15.6 Å². The number of hydrogen-bond donors (Lipinski definition) is 2. The fourth-order valence-electron chi connectivity index (χ4n) is 1.59. The molecular formula is C10H19NO3S. The van der Waals surface area contributed by atoms with E-state index in [0.717, 1.165) is 18.6 Å². The Balaban J connectivity index is 2.14. The summed E-state index contributed by atoms with van der Waals surface area (Å²) in [4.78, 5) is 10.5. The summed E-state index contributed by atoms with van der Waals surface area (Å²) in [6, 6.07) is -0.760. The Morgan fingerprint density at radius 3 is 2.87 bits per heavy atom. The van der Waals surface area contributed by atoms with E-state index in [1.807, 2.05) is 0 Å². The van der Waals surface area contributed by atoms with Crippen molar-refractivity contribution >= 4 is 17.7 Å². The highest BCUT2D eigenvalue weighted by molar-refractivity contribution is 7.99. The van der Waals surface area contributed by atoms with Crippen LogP contribution in [0.15, 0.2) is 0 Å². The van der Waals surface area contributed by atoms with Gasteiger partial charge in [0.25, 0.3) is 0 Å². The van der Waals surface area contributed by atoms with Gasteiger partial charge < -0.3 is 15.6 Å². The normalized spacial score (nSPS) is 26.5. The lowest BCUT2D eigenvalue weighted by Gasteiger charge is -2.19. The fraction of sp³-hybridized carbons (Fsp3) is 0.900. The molecule has 5 heteroatoms. The average molecular weight is 233 g/mol. The van der Waals surface area contributed by atoms with E-state index in [1.54, 1.807) is 11.8 Å². The molecule has 4 nitrogen and oxygen atoms in total. The molecule has 0 spiro atoms. The van der Waals surface area contributed by atoms with Gasteiger partial charge >= 0.3 is 5.97 Å². The van der Waals surface area contributed by atoms with Gasteiger partial charge in [-0.2, -0.15) is 11.8 Å². The van der Waals surface area contributed by atoms with Crippen molar-refractivity contribution in [2.45, 2.75) is 44.4 Å². The number of hydrogen-bond acceptors (Lipinski definition) is 4. The second kappa shape index (κ2) is 5.18. The Morgan fingerprint density at radius 1 is 1.73 bits per heavy atom. The van der Waals surface area contributed by atoms with E-state index >= 15 is 0 Å². The van der Waals surface area contributed by atoms with Crippen molar-refractivity contribution in [2.75, 3.05) is 11.5 Å². The van der Waals surface area contributed by atoms with Crippen LogP contribution in [0.1, 0.15) is 26.7 Å². The van der Waals surface area contributed by atoms with Gasteiger partial charge in [0.05, 0.1) is 11.7 Å². The Bertz CT molecular complexity index is 233. The van der Waals surface area contributed by atoms with Crippen LogP contribution in [-0.2, 0) is 9.53 Å². The lowest BCUT2D eigenvalue weighted by Crippen LogP contribution is -2.33. The lowest BCUT2D eigenvalue weighted by atomic mass is 10.1. The maximum Gasteiger partial charge on any atom is 0.321 e. The van der Waals surface area contributed by atoms with E-state index in [1.165, 1.54) is 0 Å². The molecule has 1 aliphatic rings. The summed E-state index contributed by atoms with van der Waals surface area (Å²) < 4.78 is 5.78. The Labute approximate surface area is 94.6 Å². The molecule has 0 aliphatic carbocycles. The zero-order chi connectivity index (χ0) is 11.5. The van der Waals surface area contributed by atoms with Gasteiger partial charge in [-0.1, -0.05) is 0 Å². The van der Waals surface area contributed by atoms with E-state index in [9.17, 15) is 4.79 Å². The van der Waals surface area contributed by atoms with Crippen LogP contribution < -0.4 is 5.73 Å². The summed E-state index contributed by atoms with van der Waals surface area (Å²) in [6.07, 6.45) is 2.39. The number of carboxylic acids is 1. The number of ether oxygens (including phenoxy) is 1. The van der Waals surface area contributed by atoms with Gasteiger partial charge in [-0.15, -0.1) is 0 Å². The molecule has 3 N–H and O–H groups in total. The third-order valence-electron chi connectivity index (χ3n) is 2.47. The standard InChI is InChI=1S/C10H19NO3S/c1-10(2)4-3-7(14-10)5-15-6-8(11)9(12)13/h7-8H,3-6,11H2,1-2H3,(H,12,13). The Morgan fingerprint density at radius 2 is 2.40 bits per heavy atom. The molecule has 0 bridgehead atoms. The molecule has 2 atom stereocenters. The topological polar surface area (TPSA) is 72.6 Å². The third-order valence-corrected chi connectivity index (χ3v) is 3.67. The molecule has 1 fully saturated rings. The van der Waals surface area contributed by atoms with Gasteiger partial charge in [0.15, 0.2) is 0 Å². The largest absolute Gasteiger partial charge is 0.480 e. The molecule has 0 radical (unpaired) electrons. The highest BCUT2D eigenvalue weighted by Crippen LogP contribution is 2.30. The Kier molecular flexibility index (Phi) is 4.43. The van der Waals surface area contributed by atoms with Crippen molar-refractivity contribution in [1.29, 1.82) is 0 Å². The first kappa shape index (κ1) is 12.8. The molecule has 0 aromatic carbocycles. The first-order valence-electron chi connectivity index (χ1n) is 5.15. The SMILES string of the molecule is CC1(C)CCC(CSCC(N)C(=O)O)O1. The van der Waals surface area contributed by atoms with Crippen LogP contribution in [0.2, 0.25) is 0 Å². The minimum Gasteiger partial charge on any atom is -0.480 e. The monoisotopic (exact) mass is 233 g/mol. The van der Waals surface area contributed by atoms with Crippen molar-refractivity contribution in [1.82, 2.24) is 0 Å². The number of carbonyl (C=O) groups is 1. The van der Waals surface area contributed by atoms with E-state index in [2.05, 4.69) is 13.8 Å². The van der Waals surface area contributed by atoms with E-state index in [0.29, 0.717) is 5.75 Å². The molecule has 0 aromatic heterocycles. The first-order chi connectivity index (χ1) is 6.91. The van der Waals surface area contributed by atoms with Gasteiger partial charge in [0.2, 0.25) is 0 Å². The number of rotatable bonds is 5. The summed E-state index contributed by atoms with van der Waals surface area (Å²) in [6.45, 7) is 4.17. The highest BCUT2D eigenvalue weighted by Gasteiger charge is 2.31. The van der Waals surface area contributed by atoms with Crippen molar-refractivity contribution < 1.29 is 14.6 Å². The summed E-state index contributed by atoms with van der Waals surface area (Å²) in [5.74, 6) is 0.357. The van der Waals surface area contributed by atoms with Gasteiger partial charge in [-0.05, 0) is 26.7 Å². The van der Waals surface area contributed by atoms with Crippen molar-refractivity contribution in [3.05, 3.63) is 0 Å². The van der Waals surface area contributed by atoms with Crippen LogP contribution >= 0.6 is 11.8 Å². The zero-order valence-electron chi connectivity index (χ0n) is 9.23. The fourth-order valence-corrected chi connectivity index (χ4v) is 2.62. The predicted molar refractivity (Wildman–Crippen MR) is 61.1 cm³/mol. The minimum absolute atomic E-state index is 0.0137. The van der Waals surface area contributed by atoms with Crippen LogP contribution in [-0.4, -0.2) is 40.3 Å². The molecule has 15 heavy (non-hydrogen) atoms. The smallest absolute Gasteiger partial charge is 0.321 e. The second-order valence-electron chi connectivity index (χ2n) is 4.52. The maximum absolute atomic E-state index is 10.5. The van der Waals surface area contributed by atoms with Crippen molar-refractivity contribution in [2.24, 2.45) is 5.73 Å². The zero-order valence-corrected chi connectivity index (χ0v) is 10.0. The highest BCUT2D eigenvalue weighted by atomic mass is 32.2. The summed E-state index contributed by atoms with van der Waals surface area (Å²) in [7, 11) is 0. The predicted octanol–water partition coefficient (Wildman–Crippen LogP) is 1.09. The molecule has 0 amide bonds. The number of carboxylic acid groups (broad SMARTS) is 1. The molecule has 1 rings (SSSR count). The summed E-state index contributed by atoms with van der Waals surface area (Å²) in [5, 5.41) is 8.59. The van der Waals surface area contributed by atoms with Crippen LogP contribution in [0.5, 0.6) is 0 Å². The molecule has 88 valence electrons. The number of aliphatic carboxylic acids is 1. The lowest BCUT2D eigenvalue weighted by molar-refractivity contribution is -0.137. The average Bonchev–Trinajstić information content (AvgIpc) is 2.45. The van der Waals surface area contributed by atoms with Crippen LogP contribution in [0.4, 0.5) is 0 Å². The number of nitrogens with two attached hydrogens (primary N) is 1. The van der Waals surface area contributed by atoms with Gasteiger partial charge in [-0.25, -0.2) is 0 Å². The van der Waals surface area contributed by atoms with Crippen molar-refractivity contribution in [3.8, 4) is 0 Å². The molecule has 1 saturated heterocycles. The van der Waals surface area contributed by atoms with Crippen molar-refractivity contribution in [3.63, 3.8) is 0 Å². The second-order valence-corrected chi connectivity index (χ2v) is 5.60. The Hall–Kier alpha value is -0.260. The molecule has 1 aliphatic heterocycles. The van der Waals surface area contributed by atoms with Crippen LogP contribution in [0.3, 0.4) is 0 Å². The molecule has 0 aromatic rings. The quantitative estimate of drug-likeness (QED) is 0.743. The molecule has 2 unspecified atom stereocenters. The minimum atomic E-state index is -0.935. The van der Waals surface area contributed by atoms with E-state index in [-0.39, 0.29) is 11.7 Å². The molecule has 0 saturated carbocycles. The third kappa shape index (κ3) is 4.40. The van der Waals surface area contributed by atoms with E-state index < -0.39 is 12.0 Å². The number of thioether (sulfide) groups is 1. The summed E-state index contributed by atoms with van der Waals surface area (Å²) >= 11 is 1.56. The van der Waals surface area contributed by atoms with Gasteiger partial charge in [-0.3, -0.25) is 4.79 Å². The molecule has 1 heterocycles. The maximum atomic E-state index is 10.5. The van der Waals surface area contributed by atoms with Crippen LogP contribution in [0.25, 0.3) is 0 Å².